The van der Waals surface area contributed by atoms with E-state index >= 15 is 0 Å². The fourth-order valence-electron chi connectivity index (χ4n) is 6.26. The molecule has 1 aliphatic rings. The van der Waals surface area contributed by atoms with E-state index in [-0.39, 0.29) is 29.4 Å². The van der Waals surface area contributed by atoms with E-state index in [0.717, 1.165) is 10.5 Å². The number of aromatic hydroxyl groups is 2. The molecule has 48 heavy (non-hydrogen) atoms. The van der Waals surface area contributed by atoms with Crippen LogP contribution < -0.4 is 16.2 Å². The number of para-hydroxylation sites is 1. The van der Waals surface area contributed by atoms with Gasteiger partial charge in [-0.1, -0.05) is 49.8 Å². The molecule has 256 valence electrons. The summed E-state index contributed by atoms with van der Waals surface area (Å²) in [4.78, 5) is 71.8. The molecule has 2 aromatic carbocycles. The first-order valence-corrected chi connectivity index (χ1v) is 16.0. The minimum absolute atomic E-state index is 0.0281. The second-order valence-electron chi connectivity index (χ2n) is 12.8. The molecule has 0 radical (unpaired) electrons. The van der Waals surface area contributed by atoms with E-state index in [2.05, 4.69) is 15.6 Å². The Morgan fingerprint density at radius 3 is 2.21 bits per heavy atom. The number of nitrogens with one attached hydrogen (secondary N) is 3. The number of pyridine rings is 1. The van der Waals surface area contributed by atoms with Crippen LogP contribution in [0.3, 0.4) is 0 Å². The Labute approximate surface area is 279 Å². The van der Waals surface area contributed by atoms with Crippen LogP contribution in [0.15, 0.2) is 65.0 Å². The van der Waals surface area contributed by atoms with Gasteiger partial charge in [0, 0.05) is 18.4 Å². The summed E-state index contributed by atoms with van der Waals surface area (Å²) in [5.41, 5.74) is 0.533. The highest BCUT2D eigenvalue weighted by Gasteiger charge is 2.37. The molecule has 3 aromatic rings. The van der Waals surface area contributed by atoms with Gasteiger partial charge in [-0.3, -0.25) is 24.0 Å². The minimum atomic E-state index is -1.69. The number of carbonyl (C=O) groups excluding carboxylic acids is 4. The molecule has 0 unspecified atom stereocenters. The lowest BCUT2D eigenvalue weighted by molar-refractivity contribution is -0.150. The molecule has 2 heterocycles. The number of aromatic amines is 1. The summed E-state index contributed by atoms with van der Waals surface area (Å²) in [7, 11) is 1.30. The molecule has 0 spiro atoms. The van der Waals surface area contributed by atoms with Gasteiger partial charge in [0.25, 0.3) is 5.56 Å². The Morgan fingerprint density at radius 1 is 0.854 bits per heavy atom. The Kier molecular flexibility index (Phi) is 11.3. The predicted octanol–water partition coefficient (Wildman–Crippen LogP) is 4.14. The summed E-state index contributed by atoms with van der Waals surface area (Å²) in [6.45, 7) is 8.90. The number of nitrogens with zero attached hydrogens (tertiary/aromatic N) is 1. The number of carbonyl (C=O) groups is 4. The number of rotatable bonds is 2. The van der Waals surface area contributed by atoms with Crippen molar-refractivity contribution >= 4 is 34.6 Å². The summed E-state index contributed by atoms with van der Waals surface area (Å²) in [6.07, 6.45) is 2.20. The Morgan fingerprint density at radius 2 is 1.52 bits per heavy atom. The van der Waals surface area contributed by atoms with Crippen molar-refractivity contribution in [1.82, 2.24) is 20.5 Å². The van der Waals surface area contributed by atoms with E-state index in [9.17, 15) is 34.2 Å². The van der Waals surface area contributed by atoms with Crippen LogP contribution in [0, 0.1) is 11.8 Å². The van der Waals surface area contributed by atoms with Gasteiger partial charge in [-0.2, -0.15) is 0 Å². The summed E-state index contributed by atoms with van der Waals surface area (Å²) in [5.74, 6) is -3.53. The van der Waals surface area contributed by atoms with Crippen LogP contribution in [-0.2, 0) is 23.9 Å². The van der Waals surface area contributed by atoms with E-state index in [1.165, 1.54) is 38.2 Å². The molecule has 0 saturated heterocycles. The maximum atomic E-state index is 14.3. The third-order valence-electron chi connectivity index (χ3n) is 8.58. The topological polar surface area (TPSA) is 178 Å². The SMILES string of the molecule is CC1=C[C@H](C)C[C@H](C)OC(=O)C[C@H](c2ccc(O)cc2)NC(=O)[C@@H](c2c(O)c3ccccc3[nH]c2=O)N(C)C(=O)[C@H](C)NC(=O)[C@@H](C)C1. The maximum absolute atomic E-state index is 14.3. The average Bonchev–Trinajstić information content (AvgIpc) is 3.01. The number of cyclic esters (lactones) is 1. The van der Waals surface area contributed by atoms with Crippen LogP contribution in [-0.4, -0.2) is 63.0 Å². The van der Waals surface area contributed by atoms with Crippen LogP contribution in [0.1, 0.15) is 77.1 Å². The van der Waals surface area contributed by atoms with Crippen molar-refractivity contribution in [2.45, 2.75) is 78.1 Å². The molecule has 0 fully saturated rings. The summed E-state index contributed by atoms with van der Waals surface area (Å²) in [6, 6.07) is 8.54. The highest BCUT2D eigenvalue weighted by atomic mass is 16.5. The summed E-state index contributed by atoms with van der Waals surface area (Å²) in [5, 5.41) is 27.0. The lowest BCUT2D eigenvalue weighted by Gasteiger charge is -2.32. The van der Waals surface area contributed by atoms with E-state index in [1.54, 1.807) is 38.1 Å². The fraction of sp³-hybridized carbons (Fsp3) is 0.417. The number of likely N-dealkylation sites (N-methyl/N-ethyl adjacent to an activating group) is 1. The minimum Gasteiger partial charge on any atom is -0.508 e. The number of aromatic nitrogens is 1. The normalized spacial score (nSPS) is 25.6. The second kappa shape index (κ2) is 15.2. The number of benzene rings is 2. The van der Waals surface area contributed by atoms with Crippen molar-refractivity contribution in [2.75, 3.05) is 7.05 Å². The highest BCUT2D eigenvalue weighted by Crippen LogP contribution is 2.33. The molecule has 1 aliphatic heterocycles. The van der Waals surface area contributed by atoms with Gasteiger partial charge in [-0.15, -0.1) is 0 Å². The van der Waals surface area contributed by atoms with Crippen molar-refractivity contribution in [3.63, 3.8) is 0 Å². The van der Waals surface area contributed by atoms with E-state index < -0.39 is 64.8 Å². The van der Waals surface area contributed by atoms with E-state index in [1.807, 2.05) is 19.9 Å². The average molecular weight is 661 g/mol. The maximum Gasteiger partial charge on any atom is 0.308 e. The van der Waals surface area contributed by atoms with Crippen molar-refractivity contribution < 1.29 is 34.1 Å². The number of hydrogen-bond donors (Lipinski definition) is 5. The molecule has 6 atom stereocenters. The smallest absolute Gasteiger partial charge is 0.308 e. The lowest BCUT2D eigenvalue weighted by atomic mass is 9.95. The van der Waals surface area contributed by atoms with Gasteiger partial charge in [0.15, 0.2) is 0 Å². The number of phenolic OH excluding ortho intramolecular Hbond substituents is 1. The first kappa shape index (κ1) is 35.7. The molecule has 1 aromatic heterocycles. The van der Waals surface area contributed by atoms with Gasteiger partial charge >= 0.3 is 5.97 Å². The van der Waals surface area contributed by atoms with Crippen molar-refractivity contribution in [3.8, 4) is 11.5 Å². The van der Waals surface area contributed by atoms with Gasteiger partial charge in [0.2, 0.25) is 17.7 Å². The monoisotopic (exact) mass is 660 g/mol. The first-order chi connectivity index (χ1) is 22.7. The number of ether oxygens (including phenoxy) is 1. The van der Waals surface area contributed by atoms with Crippen LogP contribution in [0.2, 0.25) is 0 Å². The zero-order chi connectivity index (χ0) is 35.3. The number of phenols is 1. The fourth-order valence-corrected chi connectivity index (χ4v) is 6.26. The molecule has 0 aliphatic carbocycles. The van der Waals surface area contributed by atoms with E-state index in [0.29, 0.717) is 23.9 Å². The number of H-pyrrole nitrogens is 1. The molecule has 5 N–H and O–H groups in total. The van der Waals surface area contributed by atoms with E-state index in [4.69, 9.17) is 4.74 Å². The number of fused-ring (bicyclic) bond motifs is 1. The Hall–Kier alpha value is -5.13. The second-order valence-corrected chi connectivity index (χ2v) is 12.8. The largest absolute Gasteiger partial charge is 0.508 e. The Balaban J connectivity index is 1.83. The molecular weight excluding hydrogens is 616 g/mol. The number of amides is 3. The molecule has 12 nitrogen and oxygen atoms in total. The molecule has 0 bridgehead atoms. The molecule has 0 saturated carbocycles. The van der Waals surface area contributed by atoms with Crippen LogP contribution in [0.25, 0.3) is 10.9 Å². The highest BCUT2D eigenvalue weighted by molar-refractivity contribution is 5.95. The number of esters is 1. The molecular formula is C36H44N4O8. The quantitative estimate of drug-likeness (QED) is 0.201. The van der Waals surface area contributed by atoms with Gasteiger partial charge in [0.1, 0.15) is 23.6 Å². The third-order valence-corrected chi connectivity index (χ3v) is 8.58. The summed E-state index contributed by atoms with van der Waals surface area (Å²) >= 11 is 0. The lowest BCUT2D eigenvalue weighted by Crippen LogP contribution is -2.51. The van der Waals surface area contributed by atoms with Crippen LogP contribution in [0.4, 0.5) is 0 Å². The molecule has 12 heteroatoms. The van der Waals surface area contributed by atoms with Gasteiger partial charge in [-0.25, -0.2) is 0 Å². The molecule has 3 amide bonds. The van der Waals surface area contributed by atoms with Gasteiger partial charge in [-0.05, 0) is 69.4 Å². The number of hydrogen-bond acceptors (Lipinski definition) is 8. The molecule has 4 rings (SSSR count). The Bertz CT molecular complexity index is 1770. The van der Waals surface area contributed by atoms with Crippen LogP contribution >= 0.6 is 0 Å². The first-order valence-electron chi connectivity index (χ1n) is 16.0. The van der Waals surface area contributed by atoms with Gasteiger partial charge in [0.05, 0.1) is 29.6 Å². The van der Waals surface area contributed by atoms with Crippen molar-refractivity contribution in [3.05, 3.63) is 81.7 Å². The zero-order valence-electron chi connectivity index (χ0n) is 28.1. The standard InChI is InChI=1S/C36H44N4O8/c1-19-15-20(2)17-22(4)48-29(42)18-28(24-11-13-25(41)14-12-24)39-35(46)31(40(6)36(47)23(5)37-33(44)21(3)16-19)30-32(43)26-9-7-8-10-27(26)38-34(30)45/h7-15,20-23,28,31,41H,16-18H2,1-6H3,(H,37,44)(H,39,46)(H2,38,43,45)/t20-,21-,22-,23-,28+,31+/m0/s1. The van der Waals surface area contributed by atoms with Crippen molar-refractivity contribution in [2.24, 2.45) is 11.8 Å². The third kappa shape index (κ3) is 8.41. The zero-order valence-corrected chi connectivity index (χ0v) is 28.1. The van der Waals surface area contributed by atoms with Crippen molar-refractivity contribution in [1.29, 1.82) is 0 Å². The van der Waals surface area contributed by atoms with Gasteiger partial charge < -0.3 is 35.5 Å². The number of allylic oxidation sites excluding steroid dienone is 2. The van der Waals surface area contributed by atoms with Crippen LogP contribution in [0.5, 0.6) is 11.5 Å². The summed E-state index contributed by atoms with van der Waals surface area (Å²) < 4.78 is 5.73. The predicted molar refractivity (Wildman–Crippen MR) is 180 cm³/mol.